The third-order valence-electron chi connectivity index (χ3n) is 2.00. The van der Waals surface area contributed by atoms with Crippen molar-refractivity contribution in [2.75, 3.05) is 24.0 Å². The lowest BCUT2D eigenvalue weighted by Crippen LogP contribution is -2.41. The van der Waals surface area contributed by atoms with Gasteiger partial charge in [-0.25, -0.2) is 4.79 Å². The minimum Gasteiger partial charge on any atom is -0.480 e. The van der Waals surface area contributed by atoms with Crippen LogP contribution in [-0.2, 0) is 9.59 Å². The molecule has 0 rings (SSSR count). The predicted molar refractivity (Wildman–Crippen MR) is 70.2 cm³/mol. The summed E-state index contributed by atoms with van der Waals surface area (Å²) < 4.78 is 0. The van der Waals surface area contributed by atoms with Crippen LogP contribution >= 0.6 is 23.5 Å². The number of nitrogens with one attached hydrogen (secondary N) is 1. The maximum atomic E-state index is 11.4. The van der Waals surface area contributed by atoms with Crippen LogP contribution in [0.4, 0.5) is 0 Å². The van der Waals surface area contributed by atoms with Crippen molar-refractivity contribution in [2.24, 2.45) is 0 Å². The molecule has 0 aromatic rings. The zero-order valence-electron chi connectivity index (χ0n) is 9.69. The highest BCUT2D eigenvalue weighted by Gasteiger charge is 2.18. The smallest absolute Gasteiger partial charge is 0.326 e. The molecule has 2 N–H and O–H groups in total. The monoisotopic (exact) mass is 265 g/mol. The van der Waals surface area contributed by atoms with Gasteiger partial charge in [0.1, 0.15) is 6.04 Å². The number of hydrogen-bond acceptors (Lipinski definition) is 4. The van der Waals surface area contributed by atoms with Gasteiger partial charge in [0, 0.05) is 6.42 Å². The quantitative estimate of drug-likeness (QED) is 0.618. The number of carbonyl (C=O) groups is 2. The molecule has 0 aromatic carbocycles. The number of carbonyl (C=O) groups excluding carboxylic acids is 1. The molecule has 0 aliphatic rings. The molecular formula is C10H19NO3S2. The predicted octanol–water partition coefficient (Wildman–Crippen LogP) is 1.45. The van der Waals surface area contributed by atoms with E-state index in [1.807, 2.05) is 12.5 Å². The molecule has 4 nitrogen and oxygen atoms in total. The molecule has 6 heteroatoms. The Morgan fingerprint density at radius 3 is 2.38 bits per heavy atom. The second-order valence-corrected chi connectivity index (χ2v) is 5.31. The third kappa shape index (κ3) is 7.87. The molecule has 16 heavy (non-hydrogen) atoms. The molecule has 0 aliphatic heterocycles. The minimum atomic E-state index is -0.952. The average molecular weight is 265 g/mol. The molecule has 0 saturated heterocycles. The lowest BCUT2D eigenvalue weighted by atomic mass is 10.2. The van der Waals surface area contributed by atoms with Gasteiger partial charge in [-0.2, -0.15) is 23.5 Å². The molecule has 0 spiro atoms. The molecule has 0 heterocycles. The van der Waals surface area contributed by atoms with Gasteiger partial charge in [0.05, 0.1) is 0 Å². The van der Waals surface area contributed by atoms with Gasteiger partial charge in [0.15, 0.2) is 0 Å². The average Bonchev–Trinajstić information content (AvgIpc) is 2.24. The fourth-order valence-corrected chi connectivity index (χ4v) is 2.04. The SMILES string of the molecule is CSCCCC(=O)NC(CCSC)C(=O)O. The first-order valence-electron chi connectivity index (χ1n) is 5.11. The van der Waals surface area contributed by atoms with E-state index in [-0.39, 0.29) is 5.91 Å². The van der Waals surface area contributed by atoms with Crippen LogP contribution in [0.25, 0.3) is 0 Å². The zero-order chi connectivity index (χ0) is 12.4. The highest BCUT2D eigenvalue weighted by atomic mass is 32.2. The van der Waals surface area contributed by atoms with Crippen LogP contribution in [-0.4, -0.2) is 47.0 Å². The summed E-state index contributed by atoms with van der Waals surface area (Å²) in [6.07, 6.45) is 5.58. The summed E-state index contributed by atoms with van der Waals surface area (Å²) in [6, 6.07) is -0.741. The van der Waals surface area contributed by atoms with Crippen LogP contribution in [0.15, 0.2) is 0 Å². The molecule has 1 amide bonds. The molecule has 0 saturated carbocycles. The molecule has 94 valence electrons. The van der Waals surface area contributed by atoms with Gasteiger partial charge in [-0.3, -0.25) is 4.79 Å². The van der Waals surface area contributed by atoms with Gasteiger partial charge in [-0.1, -0.05) is 0 Å². The van der Waals surface area contributed by atoms with Crippen molar-refractivity contribution < 1.29 is 14.7 Å². The second kappa shape index (κ2) is 9.84. The Balaban J connectivity index is 3.88. The summed E-state index contributed by atoms with van der Waals surface area (Å²) in [7, 11) is 0. The Hall–Kier alpha value is -0.360. The van der Waals surface area contributed by atoms with E-state index < -0.39 is 12.0 Å². The number of hydrogen-bond donors (Lipinski definition) is 2. The van der Waals surface area contributed by atoms with Crippen LogP contribution in [0.2, 0.25) is 0 Å². The summed E-state index contributed by atoms with van der Waals surface area (Å²) in [5.74, 6) is 0.549. The fourth-order valence-electron chi connectivity index (χ4n) is 1.14. The van der Waals surface area contributed by atoms with Gasteiger partial charge in [0.25, 0.3) is 0 Å². The minimum absolute atomic E-state index is 0.164. The van der Waals surface area contributed by atoms with Crippen LogP contribution in [0.1, 0.15) is 19.3 Å². The van der Waals surface area contributed by atoms with E-state index in [2.05, 4.69) is 5.32 Å². The molecule has 0 bridgehead atoms. The van der Waals surface area contributed by atoms with E-state index in [4.69, 9.17) is 5.11 Å². The Morgan fingerprint density at radius 2 is 1.88 bits per heavy atom. The van der Waals surface area contributed by atoms with E-state index in [1.54, 1.807) is 23.5 Å². The van der Waals surface area contributed by atoms with Crippen molar-refractivity contribution in [2.45, 2.75) is 25.3 Å². The molecule has 0 fully saturated rings. The normalized spacial score (nSPS) is 12.1. The van der Waals surface area contributed by atoms with Gasteiger partial charge in [-0.15, -0.1) is 0 Å². The lowest BCUT2D eigenvalue weighted by Gasteiger charge is -2.13. The maximum absolute atomic E-state index is 11.4. The largest absolute Gasteiger partial charge is 0.480 e. The van der Waals surface area contributed by atoms with Crippen molar-refractivity contribution in [3.8, 4) is 0 Å². The molecule has 0 radical (unpaired) electrons. The number of thioether (sulfide) groups is 2. The topological polar surface area (TPSA) is 66.4 Å². The lowest BCUT2D eigenvalue weighted by molar-refractivity contribution is -0.141. The van der Waals surface area contributed by atoms with E-state index in [0.29, 0.717) is 12.8 Å². The highest BCUT2D eigenvalue weighted by Crippen LogP contribution is 2.03. The Labute approximate surface area is 105 Å². The number of aliphatic carboxylic acids is 1. The van der Waals surface area contributed by atoms with E-state index in [1.165, 1.54) is 0 Å². The third-order valence-corrected chi connectivity index (χ3v) is 3.34. The second-order valence-electron chi connectivity index (χ2n) is 3.34. The fraction of sp³-hybridized carbons (Fsp3) is 0.800. The first-order valence-corrected chi connectivity index (χ1v) is 7.90. The zero-order valence-corrected chi connectivity index (χ0v) is 11.3. The van der Waals surface area contributed by atoms with Crippen molar-refractivity contribution >= 4 is 35.4 Å². The Kier molecular flexibility index (Phi) is 9.62. The van der Waals surface area contributed by atoms with Gasteiger partial charge < -0.3 is 10.4 Å². The van der Waals surface area contributed by atoms with Crippen molar-refractivity contribution in [3.05, 3.63) is 0 Å². The maximum Gasteiger partial charge on any atom is 0.326 e. The molecular weight excluding hydrogens is 246 g/mol. The number of carboxylic acids is 1. The first kappa shape index (κ1) is 15.6. The van der Waals surface area contributed by atoms with Crippen molar-refractivity contribution in [3.63, 3.8) is 0 Å². The summed E-state index contributed by atoms with van der Waals surface area (Å²) in [5.41, 5.74) is 0. The van der Waals surface area contributed by atoms with Crippen LogP contribution in [0, 0.1) is 0 Å². The van der Waals surface area contributed by atoms with Crippen LogP contribution in [0.3, 0.4) is 0 Å². The number of carboxylic acid groups (broad SMARTS) is 1. The van der Waals surface area contributed by atoms with Gasteiger partial charge >= 0.3 is 5.97 Å². The molecule has 1 unspecified atom stereocenters. The summed E-state index contributed by atoms with van der Waals surface area (Å²) in [6.45, 7) is 0. The Morgan fingerprint density at radius 1 is 1.25 bits per heavy atom. The Bertz CT molecular complexity index is 224. The summed E-state index contributed by atoms with van der Waals surface area (Å²) in [4.78, 5) is 22.2. The summed E-state index contributed by atoms with van der Waals surface area (Å²) >= 11 is 3.26. The molecule has 1 atom stereocenters. The van der Waals surface area contributed by atoms with E-state index in [9.17, 15) is 9.59 Å². The van der Waals surface area contributed by atoms with Crippen LogP contribution in [0.5, 0.6) is 0 Å². The highest BCUT2D eigenvalue weighted by molar-refractivity contribution is 7.98. The summed E-state index contributed by atoms with van der Waals surface area (Å²) in [5, 5.41) is 11.4. The molecule has 0 aliphatic carbocycles. The van der Waals surface area contributed by atoms with E-state index in [0.717, 1.165) is 17.9 Å². The number of rotatable bonds is 9. The first-order chi connectivity index (χ1) is 7.61. The van der Waals surface area contributed by atoms with E-state index >= 15 is 0 Å². The number of amides is 1. The van der Waals surface area contributed by atoms with Crippen molar-refractivity contribution in [1.29, 1.82) is 0 Å². The van der Waals surface area contributed by atoms with Gasteiger partial charge in [-0.05, 0) is 36.9 Å². The standard InChI is InChI=1S/C10H19NO3S2/c1-15-6-3-4-9(12)11-8(10(13)14)5-7-16-2/h8H,3-7H2,1-2H3,(H,11,12)(H,13,14). The van der Waals surface area contributed by atoms with Crippen LogP contribution < -0.4 is 5.32 Å². The van der Waals surface area contributed by atoms with Gasteiger partial charge in [0.2, 0.25) is 5.91 Å². The van der Waals surface area contributed by atoms with Crippen molar-refractivity contribution in [1.82, 2.24) is 5.32 Å². The molecule has 0 aromatic heterocycles.